The molecule has 0 aliphatic heterocycles. The van der Waals surface area contributed by atoms with Gasteiger partial charge in [-0.3, -0.25) is 9.78 Å². The number of hydrogen-bond donors (Lipinski definition) is 0. The van der Waals surface area contributed by atoms with Crippen LogP contribution < -0.4 is 5.56 Å². The number of allylic oxidation sites excluding steroid dienone is 2. The van der Waals surface area contributed by atoms with Crippen molar-refractivity contribution in [3.63, 3.8) is 0 Å². The summed E-state index contributed by atoms with van der Waals surface area (Å²) in [5, 5.41) is 4.88. The molecule has 0 radical (unpaired) electrons. The fourth-order valence-electron chi connectivity index (χ4n) is 1.71. The van der Waals surface area contributed by atoms with E-state index in [-0.39, 0.29) is 11.0 Å². The highest BCUT2D eigenvalue weighted by Crippen LogP contribution is 2.15. The smallest absolute Gasteiger partial charge is 0.267 e. The first-order valence-electron chi connectivity index (χ1n) is 7.23. The maximum absolute atomic E-state index is 11.9. The summed E-state index contributed by atoms with van der Waals surface area (Å²) in [5.41, 5.74) is 1.07. The van der Waals surface area contributed by atoms with Gasteiger partial charge in [0.2, 0.25) is 0 Å². The van der Waals surface area contributed by atoms with Crippen LogP contribution in [0.1, 0.15) is 20.8 Å². The Morgan fingerprint density at radius 1 is 1.22 bits per heavy atom. The van der Waals surface area contributed by atoms with Crippen molar-refractivity contribution in [2.45, 2.75) is 27.3 Å². The highest BCUT2D eigenvalue weighted by atomic mass is 35.5. The molecule has 0 amide bonds. The second kappa shape index (κ2) is 7.26. The summed E-state index contributed by atoms with van der Waals surface area (Å²) >= 11 is 5.83. The summed E-state index contributed by atoms with van der Waals surface area (Å²) in [6.45, 7) is 6.49. The molecule has 0 aliphatic carbocycles. The Kier molecular flexibility index (Phi) is 5.36. The SMILES string of the molecule is CC(C)(C)C#C/C=C/Cn1nc(-c2ccc(Cl)cn2)ccc1=O. The molecule has 2 aromatic heterocycles. The predicted molar refractivity (Wildman–Crippen MR) is 93.1 cm³/mol. The van der Waals surface area contributed by atoms with Crippen molar-refractivity contribution in [3.8, 4) is 23.2 Å². The minimum absolute atomic E-state index is 0.0421. The fourth-order valence-corrected chi connectivity index (χ4v) is 1.83. The monoisotopic (exact) mass is 327 g/mol. The molecule has 0 aliphatic rings. The predicted octanol–water partition coefficient (Wildman–Crippen LogP) is 3.56. The molecule has 0 N–H and O–H groups in total. The van der Waals surface area contributed by atoms with Crippen molar-refractivity contribution >= 4 is 11.6 Å². The van der Waals surface area contributed by atoms with E-state index in [1.165, 1.54) is 10.7 Å². The third-order valence-corrected chi connectivity index (χ3v) is 3.01. The van der Waals surface area contributed by atoms with Gasteiger partial charge in [0.05, 0.1) is 17.3 Å². The van der Waals surface area contributed by atoms with Crippen molar-refractivity contribution in [1.82, 2.24) is 14.8 Å². The molecule has 0 unspecified atom stereocenters. The van der Waals surface area contributed by atoms with Gasteiger partial charge >= 0.3 is 0 Å². The second-order valence-electron chi connectivity index (χ2n) is 6.02. The van der Waals surface area contributed by atoms with Crippen molar-refractivity contribution in [1.29, 1.82) is 0 Å². The van der Waals surface area contributed by atoms with Crippen molar-refractivity contribution in [2.24, 2.45) is 5.41 Å². The third-order valence-electron chi connectivity index (χ3n) is 2.78. The molecule has 0 bridgehead atoms. The summed E-state index contributed by atoms with van der Waals surface area (Å²) < 4.78 is 1.38. The molecular weight excluding hydrogens is 310 g/mol. The first-order valence-corrected chi connectivity index (χ1v) is 7.61. The topological polar surface area (TPSA) is 47.8 Å². The van der Waals surface area contributed by atoms with Gasteiger partial charge in [0.1, 0.15) is 5.69 Å². The average Bonchev–Trinajstić information content (AvgIpc) is 2.48. The van der Waals surface area contributed by atoms with Gasteiger partial charge in [0.15, 0.2) is 0 Å². The van der Waals surface area contributed by atoms with Crippen LogP contribution in [0.5, 0.6) is 0 Å². The molecule has 4 nitrogen and oxygen atoms in total. The minimum Gasteiger partial charge on any atom is -0.268 e. The van der Waals surface area contributed by atoms with Gasteiger partial charge in [-0.15, -0.1) is 0 Å². The number of nitrogens with zero attached hydrogens (tertiary/aromatic N) is 3. The molecule has 5 heteroatoms. The van der Waals surface area contributed by atoms with Gasteiger partial charge in [-0.25, -0.2) is 4.68 Å². The molecule has 23 heavy (non-hydrogen) atoms. The normalized spacial score (nSPS) is 11.3. The molecule has 2 aromatic rings. The molecule has 0 saturated carbocycles. The average molecular weight is 328 g/mol. The fraction of sp³-hybridized carbons (Fsp3) is 0.278. The van der Waals surface area contributed by atoms with Gasteiger partial charge in [-0.2, -0.15) is 5.10 Å². The minimum atomic E-state index is -0.170. The number of pyridine rings is 1. The van der Waals surface area contributed by atoms with Crippen LogP contribution in [0, 0.1) is 17.3 Å². The maximum Gasteiger partial charge on any atom is 0.267 e. The van der Waals surface area contributed by atoms with Crippen LogP contribution in [0.4, 0.5) is 0 Å². The van der Waals surface area contributed by atoms with Crippen molar-refractivity contribution < 1.29 is 0 Å². The van der Waals surface area contributed by atoms with E-state index in [0.717, 1.165) is 0 Å². The van der Waals surface area contributed by atoms with E-state index < -0.39 is 0 Å². The van der Waals surface area contributed by atoms with Gasteiger partial charge in [-0.05, 0) is 45.0 Å². The Hall–Kier alpha value is -2.38. The highest BCUT2D eigenvalue weighted by Gasteiger charge is 2.04. The number of halogens is 1. The van der Waals surface area contributed by atoms with Gasteiger partial charge in [0, 0.05) is 17.7 Å². The zero-order valence-electron chi connectivity index (χ0n) is 13.4. The second-order valence-corrected chi connectivity index (χ2v) is 6.46. The molecule has 0 spiro atoms. The summed E-state index contributed by atoms with van der Waals surface area (Å²) in [6.07, 6.45) is 5.11. The summed E-state index contributed by atoms with van der Waals surface area (Å²) in [5.74, 6) is 6.07. The Bertz CT molecular complexity index is 818. The molecule has 0 atom stereocenters. The van der Waals surface area contributed by atoms with E-state index in [0.29, 0.717) is 23.0 Å². The van der Waals surface area contributed by atoms with Crippen LogP contribution in [0.2, 0.25) is 5.02 Å². The Labute approximate surface area is 140 Å². The summed E-state index contributed by atoms with van der Waals surface area (Å²) in [7, 11) is 0. The van der Waals surface area contributed by atoms with E-state index >= 15 is 0 Å². The van der Waals surface area contributed by atoms with Crippen molar-refractivity contribution in [3.05, 3.63) is 58.0 Å². The first-order chi connectivity index (χ1) is 10.8. The van der Waals surface area contributed by atoms with Crippen LogP contribution in [0.15, 0.2) is 47.4 Å². The third kappa shape index (κ3) is 5.39. The van der Waals surface area contributed by atoms with Gasteiger partial charge in [-0.1, -0.05) is 29.5 Å². The lowest BCUT2D eigenvalue weighted by atomic mass is 9.98. The largest absolute Gasteiger partial charge is 0.268 e. The van der Waals surface area contributed by atoms with E-state index in [1.807, 2.05) is 26.8 Å². The maximum atomic E-state index is 11.9. The van der Waals surface area contributed by atoms with E-state index in [9.17, 15) is 4.79 Å². The van der Waals surface area contributed by atoms with Crippen LogP contribution in [-0.4, -0.2) is 14.8 Å². The zero-order valence-corrected chi connectivity index (χ0v) is 14.1. The lowest BCUT2D eigenvalue weighted by molar-refractivity contribution is 0.571. The molecule has 2 heterocycles. The highest BCUT2D eigenvalue weighted by molar-refractivity contribution is 6.30. The van der Waals surface area contributed by atoms with Crippen LogP contribution >= 0.6 is 11.6 Å². The standard InChI is InChI=1S/C18H18ClN3O/c1-18(2,3)11-5-4-6-12-22-17(23)10-9-16(21-22)15-8-7-14(19)13-20-15/h4,6-10,13H,12H2,1-3H3/b6-4+. The Balaban J connectivity index is 2.18. The number of aromatic nitrogens is 3. The molecule has 2 rings (SSSR count). The molecule has 0 fully saturated rings. The lowest BCUT2D eigenvalue weighted by Gasteiger charge is -2.06. The number of rotatable bonds is 3. The van der Waals surface area contributed by atoms with Crippen LogP contribution in [0.25, 0.3) is 11.4 Å². The summed E-state index contributed by atoms with van der Waals surface area (Å²) in [4.78, 5) is 16.1. The molecule has 0 aromatic carbocycles. The summed E-state index contributed by atoms with van der Waals surface area (Å²) in [6, 6.07) is 6.64. The van der Waals surface area contributed by atoms with E-state index in [1.54, 1.807) is 30.5 Å². The molecular formula is C18H18ClN3O. The van der Waals surface area contributed by atoms with Gasteiger partial charge < -0.3 is 0 Å². The van der Waals surface area contributed by atoms with E-state index in [4.69, 9.17) is 11.6 Å². The van der Waals surface area contributed by atoms with Crippen LogP contribution in [-0.2, 0) is 6.54 Å². The Morgan fingerprint density at radius 2 is 1.96 bits per heavy atom. The van der Waals surface area contributed by atoms with E-state index in [2.05, 4.69) is 21.9 Å². The Morgan fingerprint density at radius 3 is 2.61 bits per heavy atom. The molecule has 0 saturated heterocycles. The van der Waals surface area contributed by atoms with Crippen molar-refractivity contribution in [2.75, 3.05) is 0 Å². The molecule has 118 valence electrons. The first kappa shape index (κ1) is 17.0. The van der Waals surface area contributed by atoms with Gasteiger partial charge in [0.25, 0.3) is 5.56 Å². The zero-order chi connectivity index (χ0) is 16.9. The number of hydrogen-bond acceptors (Lipinski definition) is 3. The lowest BCUT2D eigenvalue weighted by Crippen LogP contribution is -2.21. The quantitative estimate of drug-likeness (QED) is 0.810. The van der Waals surface area contributed by atoms with Crippen LogP contribution in [0.3, 0.4) is 0 Å².